The SMILES string of the molecule is C=C=C(Cc1ccc(F)cc1)C1(C(=C=C)Cc2ccc(/C=C\c3cccc4cc(C=C)c(-c5ccccn5)cc34)cc2)CC1.CC.[HH].[HH]. The highest BCUT2D eigenvalue weighted by atomic mass is 19.1. The van der Waals surface area contributed by atoms with Crippen LogP contribution in [0, 0.1) is 11.2 Å². The maximum atomic E-state index is 13.4. The van der Waals surface area contributed by atoms with Crippen molar-refractivity contribution in [2.24, 2.45) is 5.41 Å². The molecule has 1 saturated carbocycles. The number of hydrogen-bond acceptors (Lipinski definition) is 1. The second-order valence-electron chi connectivity index (χ2n) is 11.4. The third-order valence-electron chi connectivity index (χ3n) is 8.69. The summed E-state index contributed by atoms with van der Waals surface area (Å²) in [5.41, 5.74) is 16.3. The fraction of sp³-hybridized carbons (Fsp3) is 0.159. The summed E-state index contributed by atoms with van der Waals surface area (Å²) in [6.45, 7) is 16.1. The molecule has 0 radical (unpaired) electrons. The maximum Gasteiger partial charge on any atom is 0.123 e. The molecule has 0 unspecified atom stereocenters. The topological polar surface area (TPSA) is 12.9 Å². The molecule has 0 amide bonds. The standard InChI is InChI=1S/C42H34FN.C2H6.2H2/c1-4-33-28-35-11-9-10-34(39(35)29-40(33)41-12-7-8-25-44-41)20-17-30-13-15-31(16-14-30)26-36(5-2)42(23-24-42)37(6-3)27-32-18-21-38(43)22-19-32;1-2;;/h4,7-22,25,28-29H,1-3,23-24,26-27H2;1-2H3;2*1H/b20-17-;;;. The van der Waals surface area contributed by atoms with Crippen molar-refractivity contribution in [3.05, 3.63) is 179 Å². The quantitative estimate of drug-likeness (QED) is 0.114. The van der Waals surface area contributed by atoms with Crippen LogP contribution in [0.2, 0.25) is 0 Å². The third kappa shape index (κ3) is 7.01. The van der Waals surface area contributed by atoms with Gasteiger partial charge in [0.15, 0.2) is 0 Å². The van der Waals surface area contributed by atoms with Crippen molar-refractivity contribution in [3.8, 4) is 11.3 Å². The fourth-order valence-corrected chi connectivity index (χ4v) is 6.08. The molecule has 0 bridgehead atoms. The van der Waals surface area contributed by atoms with E-state index < -0.39 is 0 Å². The molecule has 232 valence electrons. The molecule has 1 heterocycles. The lowest BCUT2D eigenvalue weighted by Crippen LogP contribution is -2.12. The molecule has 0 atom stereocenters. The molecule has 0 saturated heterocycles. The number of hydrogen-bond donors (Lipinski definition) is 0. The summed E-state index contributed by atoms with van der Waals surface area (Å²) in [6.07, 6.45) is 11.6. The molecule has 1 aliphatic carbocycles. The fourth-order valence-electron chi connectivity index (χ4n) is 6.08. The van der Waals surface area contributed by atoms with Crippen LogP contribution in [-0.4, -0.2) is 4.98 Å². The van der Waals surface area contributed by atoms with Gasteiger partial charge in [-0.25, -0.2) is 4.39 Å². The summed E-state index contributed by atoms with van der Waals surface area (Å²) in [5.74, 6) is -0.224. The van der Waals surface area contributed by atoms with Crippen molar-refractivity contribution >= 4 is 29.0 Å². The molecule has 1 fully saturated rings. The zero-order chi connectivity index (χ0) is 32.5. The van der Waals surface area contributed by atoms with Gasteiger partial charge in [0.1, 0.15) is 5.82 Å². The number of allylic oxidation sites excluding steroid dienone is 2. The van der Waals surface area contributed by atoms with Gasteiger partial charge in [0.25, 0.3) is 0 Å². The summed E-state index contributed by atoms with van der Waals surface area (Å²) < 4.78 is 13.4. The Morgan fingerprint density at radius 1 is 0.804 bits per heavy atom. The van der Waals surface area contributed by atoms with Gasteiger partial charge in [0.05, 0.1) is 5.69 Å². The van der Waals surface area contributed by atoms with E-state index in [1.54, 1.807) is 0 Å². The van der Waals surface area contributed by atoms with Crippen LogP contribution in [0.5, 0.6) is 0 Å². The number of halogens is 1. The Bertz CT molecular complexity index is 1970. The van der Waals surface area contributed by atoms with Crippen LogP contribution in [-0.2, 0) is 12.8 Å². The lowest BCUT2D eigenvalue weighted by atomic mass is 9.82. The Morgan fingerprint density at radius 3 is 2.02 bits per heavy atom. The number of nitrogens with zero attached hydrogens (tertiary/aromatic N) is 1. The number of rotatable bonds is 10. The zero-order valence-corrected chi connectivity index (χ0v) is 26.8. The van der Waals surface area contributed by atoms with Crippen LogP contribution in [0.25, 0.3) is 40.3 Å². The second kappa shape index (κ2) is 14.7. The number of benzene rings is 4. The first-order chi connectivity index (χ1) is 22.5. The minimum Gasteiger partial charge on any atom is -0.256 e. The van der Waals surface area contributed by atoms with Gasteiger partial charge in [0.2, 0.25) is 0 Å². The van der Waals surface area contributed by atoms with Gasteiger partial charge in [-0.2, -0.15) is 0 Å². The molecule has 2 heteroatoms. The van der Waals surface area contributed by atoms with Crippen molar-refractivity contribution in [2.45, 2.75) is 39.5 Å². The molecule has 1 aliphatic rings. The summed E-state index contributed by atoms with van der Waals surface area (Å²) in [6, 6.07) is 32.1. The smallest absolute Gasteiger partial charge is 0.123 e. The zero-order valence-electron chi connectivity index (χ0n) is 26.8. The number of pyridine rings is 1. The van der Waals surface area contributed by atoms with Gasteiger partial charge in [-0.1, -0.05) is 112 Å². The van der Waals surface area contributed by atoms with E-state index >= 15 is 0 Å². The van der Waals surface area contributed by atoms with E-state index in [2.05, 4.69) is 103 Å². The predicted octanol–water partition coefficient (Wildman–Crippen LogP) is 12.4. The molecular weight excluding hydrogens is 561 g/mol. The lowest BCUT2D eigenvalue weighted by molar-refractivity contribution is 0.626. The van der Waals surface area contributed by atoms with Gasteiger partial charge < -0.3 is 0 Å². The Hall–Kier alpha value is -5.26. The minimum absolute atomic E-state index is 0. The average molecular weight is 606 g/mol. The summed E-state index contributed by atoms with van der Waals surface area (Å²) in [4.78, 5) is 4.58. The third-order valence-corrected chi connectivity index (χ3v) is 8.69. The molecule has 5 aromatic rings. The molecule has 0 N–H and O–H groups in total. The first kappa shape index (κ1) is 32.1. The largest absolute Gasteiger partial charge is 0.256 e. The summed E-state index contributed by atoms with van der Waals surface area (Å²) >= 11 is 0. The number of fused-ring (bicyclic) bond motifs is 1. The molecule has 0 aliphatic heterocycles. The Balaban J connectivity index is 0.00000153. The van der Waals surface area contributed by atoms with E-state index in [0.717, 1.165) is 58.3 Å². The minimum atomic E-state index is -0.224. The van der Waals surface area contributed by atoms with Crippen molar-refractivity contribution in [1.82, 2.24) is 4.98 Å². The van der Waals surface area contributed by atoms with Crippen LogP contribution in [0.3, 0.4) is 0 Å². The van der Waals surface area contributed by atoms with Gasteiger partial charge in [-0.3, -0.25) is 4.98 Å². The van der Waals surface area contributed by atoms with Crippen molar-refractivity contribution < 1.29 is 7.24 Å². The molecule has 4 aromatic carbocycles. The Kier molecular flexibility index (Phi) is 10.3. The lowest BCUT2D eigenvalue weighted by Gasteiger charge is -2.21. The van der Waals surface area contributed by atoms with E-state index in [9.17, 15) is 4.39 Å². The maximum absolute atomic E-state index is 13.4. The van der Waals surface area contributed by atoms with Crippen LogP contribution >= 0.6 is 0 Å². The molecule has 46 heavy (non-hydrogen) atoms. The Labute approximate surface area is 276 Å². The number of aromatic nitrogens is 1. The first-order valence-electron chi connectivity index (χ1n) is 15.9. The second-order valence-corrected chi connectivity index (χ2v) is 11.4. The highest BCUT2D eigenvalue weighted by molar-refractivity contribution is 5.97. The summed E-state index contributed by atoms with van der Waals surface area (Å²) in [5, 5.41) is 2.34. The van der Waals surface area contributed by atoms with Gasteiger partial charge in [-0.05, 0) is 99.0 Å². The van der Waals surface area contributed by atoms with E-state index in [0.29, 0.717) is 6.42 Å². The van der Waals surface area contributed by atoms with Crippen LogP contribution in [0.1, 0.15) is 57.4 Å². The summed E-state index contributed by atoms with van der Waals surface area (Å²) in [7, 11) is 0. The van der Waals surface area contributed by atoms with E-state index in [1.807, 2.05) is 56.5 Å². The molecule has 1 aromatic heterocycles. The van der Waals surface area contributed by atoms with Gasteiger partial charge in [0, 0.05) is 32.9 Å². The van der Waals surface area contributed by atoms with Crippen molar-refractivity contribution in [2.75, 3.05) is 0 Å². The first-order valence-corrected chi connectivity index (χ1v) is 15.9. The highest BCUT2D eigenvalue weighted by Crippen LogP contribution is 2.58. The van der Waals surface area contributed by atoms with Crippen molar-refractivity contribution in [3.63, 3.8) is 0 Å². The van der Waals surface area contributed by atoms with Gasteiger partial charge in [-0.15, -0.1) is 11.5 Å². The van der Waals surface area contributed by atoms with Crippen LogP contribution in [0.15, 0.2) is 146 Å². The molecule has 6 rings (SSSR count). The van der Waals surface area contributed by atoms with Crippen LogP contribution in [0.4, 0.5) is 4.39 Å². The van der Waals surface area contributed by atoms with Crippen LogP contribution < -0.4 is 0 Å². The molecule has 0 spiro atoms. The van der Waals surface area contributed by atoms with Crippen molar-refractivity contribution in [1.29, 1.82) is 0 Å². The molecular formula is C44H44FN. The average Bonchev–Trinajstić information content (AvgIpc) is 3.92. The Morgan fingerprint density at radius 2 is 1.46 bits per heavy atom. The highest BCUT2D eigenvalue weighted by Gasteiger charge is 2.48. The predicted molar refractivity (Wildman–Crippen MR) is 199 cm³/mol. The molecule has 1 nitrogen and oxygen atoms in total. The monoisotopic (exact) mass is 605 g/mol. The van der Waals surface area contributed by atoms with E-state index in [1.165, 1.54) is 34.0 Å². The van der Waals surface area contributed by atoms with E-state index in [-0.39, 0.29) is 14.1 Å². The van der Waals surface area contributed by atoms with E-state index in [4.69, 9.17) is 0 Å². The normalized spacial score (nSPS) is 12.8. The van der Waals surface area contributed by atoms with Gasteiger partial charge >= 0.3 is 0 Å².